The molecule has 146 valence electrons. The third kappa shape index (κ3) is 4.57. The van der Waals surface area contributed by atoms with Crippen LogP contribution >= 0.6 is 0 Å². The fourth-order valence-corrected chi connectivity index (χ4v) is 4.07. The van der Waals surface area contributed by atoms with Gasteiger partial charge >= 0.3 is 12.2 Å². The Morgan fingerprint density at radius 2 is 1.96 bits per heavy atom. The highest BCUT2D eigenvalue weighted by Crippen LogP contribution is 2.27. The molecule has 9 heteroatoms. The first-order valence-corrected chi connectivity index (χ1v) is 9.36. The molecule has 0 aromatic carbocycles. The van der Waals surface area contributed by atoms with E-state index < -0.39 is 6.09 Å². The molecule has 3 fully saturated rings. The van der Waals surface area contributed by atoms with Crippen LogP contribution in [0.5, 0.6) is 0 Å². The lowest BCUT2D eigenvalue weighted by Crippen LogP contribution is -2.41. The summed E-state index contributed by atoms with van der Waals surface area (Å²) in [5, 5.41) is 5.45. The number of methoxy groups -OCH3 is 1. The van der Waals surface area contributed by atoms with Gasteiger partial charge in [0.15, 0.2) is 0 Å². The minimum absolute atomic E-state index is 0.0904. The van der Waals surface area contributed by atoms with Crippen molar-refractivity contribution >= 4 is 18.1 Å². The second-order valence-corrected chi connectivity index (χ2v) is 7.21. The lowest BCUT2D eigenvalue weighted by atomic mass is 9.92. The highest BCUT2D eigenvalue weighted by molar-refractivity contribution is 5.79. The van der Waals surface area contributed by atoms with Crippen LogP contribution in [0.3, 0.4) is 0 Å². The van der Waals surface area contributed by atoms with Gasteiger partial charge in [-0.15, -0.1) is 0 Å². The molecule has 3 rings (SSSR count). The van der Waals surface area contributed by atoms with Crippen LogP contribution in [0.4, 0.5) is 9.59 Å². The highest BCUT2D eigenvalue weighted by Gasteiger charge is 2.37. The Kier molecular flexibility index (Phi) is 6.18. The van der Waals surface area contributed by atoms with Crippen molar-refractivity contribution < 1.29 is 23.9 Å². The molecule has 2 unspecified atom stereocenters. The second-order valence-electron chi connectivity index (χ2n) is 7.21. The molecule has 1 aliphatic carbocycles. The molecule has 0 spiro atoms. The number of carbonyl (C=O) groups excluding carboxylic acids is 3. The van der Waals surface area contributed by atoms with Crippen LogP contribution in [0, 0.1) is 0 Å². The summed E-state index contributed by atoms with van der Waals surface area (Å²) in [5.74, 6) is 0.0904. The van der Waals surface area contributed by atoms with Gasteiger partial charge in [-0.05, 0) is 25.7 Å². The average molecular weight is 368 g/mol. The van der Waals surface area contributed by atoms with Gasteiger partial charge in [0.25, 0.3) is 0 Å². The van der Waals surface area contributed by atoms with Crippen LogP contribution < -0.4 is 10.6 Å². The van der Waals surface area contributed by atoms with Crippen molar-refractivity contribution in [3.8, 4) is 0 Å². The lowest BCUT2D eigenvalue weighted by Gasteiger charge is -2.33. The van der Waals surface area contributed by atoms with E-state index in [1.54, 1.807) is 4.90 Å². The van der Waals surface area contributed by atoms with E-state index in [1.165, 1.54) is 7.11 Å². The van der Waals surface area contributed by atoms with E-state index in [4.69, 9.17) is 4.74 Å². The number of carbonyl (C=O) groups is 3. The summed E-state index contributed by atoms with van der Waals surface area (Å²) in [6.45, 7) is 1.84. The van der Waals surface area contributed by atoms with E-state index in [0.29, 0.717) is 25.8 Å². The molecule has 0 bridgehead atoms. The van der Waals surface area contributed by atoms with Gasteiger partial charge in [-0.2, -0.15) is 0 Å². The topological polar surface area (TPSA) is 100 Å². The Hall–Kier alpha value is -2.03. The number of rotatable bonds is 4. The monoisotopic (exact) mass is 368 g/mol. The van der Waals surface area contributed by atoms with Crippen molar-refractivity contribution in [1.29, 1.82) is 0 Å². The molecule has 0 radical (unpaired) electrons. The molecule has 0 aromatic heterocycles. The Labute approximate surface area is 153 Å². The maximum Gasteiger partial charge on any atom is 0.410 e. The van der Waals surface area contributed by atoms with Crippen molar-refractivity contribution in [1.82, 2.24) is 20.4 Å². The van der Waals surface area contributed by atoms with E-state index in [-0.39, 0.29) is 30.7 Å². The Morgan fingerprint density at radius 3 is 2.65 bits per heavy atom. The number of hydrogen-bond acceptors (Lipinski definition) is 6. The van der Waals surface area contributed by atoms with Gasteiger partial charge in [-0.1, -0.05) is 12.8 Å². The normalized spacial score (nSPS) is 30.3. The highest BCUT2D eigenvalue weighted by atomic mass is 16.6. The van der Waals surface area contributed by atoms with Crippen LogP contribution in [0.1, 0.15) is 38.5 Å². The molecular weight excluding hydrogens is 340 g/mol. The second kappa shape index (κ2) is 8.57. The summed E-state index contributed by atoms with van der Waals surface area (Å²) in [7, 11) is 1.30. The van der Waals surface area contributed by atoms with E-state index in [9.17, 15) is 14.4 Å². The van der Waals surface area contributed by atoms with E-state index in [1.807, 2.05) is 0 Å². The van der Waals surface area contributed by atoms with Gasteiger partial charge in [-0.3, -0.25) is 9.69 Å². The van der Waals surface area contributed by atoms with Crippen molar-refractivity contribution in [2.45, 2.75) is 56.7 Å². The first kappa shape index (κ1) is 18.8. The Bertz CT molecular complexity index is 543. The zero-order valence-corrected chi connectivity index (χ0v) is 15.2. The summed E-state index contributed by atoms with van der Waals surface area (Å²) < 4.78 is 9.93. The summed E-state index contributed by atoms with van der Waals surface area (Å²) in [4.78, 5) is 38.9. The lowest BCUT2D eigenvalue weighted by molar-refractivity contribution is -0.118. The standard InChI is InChI=1S/C17H28N4O5/c1-25-16(23)18-8-14-9-21(17(24)26-14)13-5-3-2-4-12(6-7-13)20-10-15(22)19-11-20/h12-14H,2-11H2,1H3,(H,18,23)(H,19,22)/t12?,13?,14-/m0/s1. The van der Waals surface area contributed by atoms with E-state index >= 15 is 0 Å². The molecule has 26 heavy (non-hydrogen) atoms. The number of nitrogens with zero attached hydrogens (tertiary/aromatic N) is 2. The largest absolute Gasteiger partial charge is 0.453 e. The quantitative estimate of drug-likeness (QED) is 0.756. The molecular formula is C17H28N4O5. The predicted molar refractivity (Wildman–Crippen MR) is 92.4 cm³/mol. The average Bonchev–Trinajstić information content (AvgIpc) is 3.19. The number of alkyl carbamates (subject to hydrolysis) is 1. The molecule has 2 N–H and O–H groups in total. The molecule has 3 amide bonds. The van der Waals surface area contributed by atoms with Gasteiger partial charge in [0, 0.05) is 12.1 Å². The van der Waals surface area contributed by atoms with Gasteiger partial charge in [0.2, 0.25) is 5.91 Å². The van der Waals surface area contributed by atoms with Gasteiger partial charge in [0.1, 0.15) is 6.10 Å². The smallest absolute Gasteiger partial charge is 0.410 e. The number of cyclic esters (lactones) is 1. The molecule has 2 heterocycles. The van der Waals surface area contributed by atoms with Crippen molar-refractivity contribution in [3.63, 3.8) is 0 Å². The summed E-state index contributed by atoms with van der Waals surface area (Å²) >= 11 is 0. The van der Waals surface area contributed by atoms with Gasteiger partial charge in [-0.25, -0.2) is 9.59 Å². The molecule has 3 aliphatic rings. The molecule has 3 atom stereocenters. The van der Waals surface area contributed by atoms with Crippen molar-refractivity contribution in [2.75, 3.05) is 33.4 Å². The first-order chi connectivity index (χ1) is 12.6. The predicted octanol–water partition coefficient (Wildman–Crippen LogP) is 0.644. The fraction of sp³-hybridized carbons (Fsp3) is 0.824. The van der Waals surface area contributed by atoms with Crippen LogP contribution in [0.25, 0.3) is 0 Å². The fourth-order valence-electron chi connectivity index (χ4n) is 4.07. The number of nitrogens with one attached hydrogen (secondary N) is 2. The third-order valence-electron chi connectivity index (χ3n) is 5.50. The Morgan fingerprint density at radius 1 is 1.23 bits per heavy atom. The third-order valence-corrected chi connectivity index (χ3v) is 5.50. The molecule has 0 aromatic rings. The van der Waals surface area contributed by atoms with Crippen LogP contribution in [-0.4, -0.2) is 79.5 Å². The minimum atomic E-state index is -0.526. The number of amides is 3. The van der Waals surface area contributed by atoms with Gasteiger partial charge < -0.3 is 25.0 Å². The van der Waals surface area contributed by atoms with Crippen LogP contribution in [-0.2, 0) is 14.3 Å². The van der Waals surface area contributed by atoms with Crippen LogP contribution in [0.15, 0.2) is 0 Å². The maximum atomic E-state index is 12.3. The zero-order chi connectivity index (χ0) is 18.5. The maximum absolute atomic E-state index is 12.3. The van der Waals surface area contributed by atoms with E-state index in [2.05, 4.69) is 20.3 Å². The van der Waals surface area contributed by atoms with E-state index in [0.717, 1.165) is 38.5 Å². The SMILES string of the molecule is COC(=O)NC[C@H]1CN(C2CCCCC(N3CNC(=O)C3)CC2)C(=O)O1. The number of hydrogen-bond donors (Lipinski definition) is 2. The molecule has 2 aliphatic heterocycles. The molecule has 9 nitrogen and oxygen atoms in total. The van der Waals surface area contributed by atoms with Crippen LogP contribution in [0.2, 0.25) is 0 Å². The Balaban J connectivity index is 1.52. The summed E-state index contributed by atoms with van der Waals surface area (Å²) in [5.41, 5.74) is 0. The first-order valence-electron chi connectivity index (χ1n) is 9.36. The van der Waals surface area contributed by atoms with Gasteiger partial charge in [0.05, 0.1) is 33.4 Å². The minimum Gasteiger partial charge on any atom is -0.453 e. The van der Waals surface area contributed by atoms with Crippen molar-refractivity contribution in [2.24, 2.45) is 0 Å². The molecule has 1 saturated carbocycles. The van der Waals surface area contributed by atoms with Crippen molar-refractivity contribution in [3.05, 3.63) is 0 Å². The zero-order valence-electron chi connectivity index (χ0n) is 15.2. The number of ether oxygens (including phenoxy) is 2. The summed E-state index contributed by atoms with van der Waals surface area (Å²) in [6.07, 6.45) is 4.92. The molecule has 2 saturated heterocycles. The summed E-state index contributed by atoms with van der Waals surface area (Å²) in [6, 6.07) is 0.534.